The molecule has 1 aliphatic heterocycles. The number of fused-ring (bicyclic) bond motifs is 1. The van der Waals surface area contributed by atoms with E-state index in [2.05, 4.69) is 0 Å². The van der Waals surface area contributed by atoms with Gasteiger partial charge >= 0.3 is 0 Å². The van der Waals surface area contributed by atoms with E-state index < -0.39 is 17.7 Å². The maximum atomic E-state index is 13.7. The van der Waals surface area contributed by atoms with Gasteiger partial charge < -0.3 is 19.1 Å². The van der Waals surface area contributed by atoms with Crippen LogP contribution >= 0.6 is 0 Å². The number of carbonyl (C=O) groups is 2. The molecular formula is C30H28N2O5. The van der Waals surface area contributed by atoms with Gasteiger partial charge in [0, 0.05) is 41.5 Å². The Hall–Kier alpha value is -4.52. The van der Waals surface area contributed by atoms with Crippen molar-refractivity contribution in [2.45, 2.75) is 19.9 Å². The molecule has 1 N–H and O–H groups in total. The van der Waals surface area contributed by atoms with Gasteiger partial charge in [-0.05, 0) is 49.2 Å². The van der Waals surface area contributed by atoms with Gasteiger partial charge in [-0.2, -0.15) is 0 Å². The molecule has 7 nitrogen and oxygen atoms in total. The van der Waals surface area contributed by atoms with E-state index in [1.807, 2.05) is 62.0 Å². The van der Waals surface area contributed by atoms with Crippen LogP contribution in [0.25, 0.3) is 16.7 Å². The van der Waals surface area contributed by atoms with Crippen molar-refractivity contribution in [2.24, 2.45) is 7.05 Å². The molecule has 7 heteroatoms. The lowest BCUT2D eigenvalue weighted by Crippen LogP contribution is -2.29. The first-order chi connectivity index (χ1) is 17.8. The Balaban J connectivity index is 1.84. The largest absolute Gasteiger partial charge is 0.507 e. The fourth-order valence-electron chi connectivity index (χ4n) is 5.29. The van der Waals surface area contributed by atoms with Gasteiger partial charge in [-0.3, -0.25) is 14.5 Å². The van der Waals surface area contributed by atoms with E-state index in [4.69, 9.17) is 9.47 Å². The zero-order valence-electron chi connectivity index (χ0n) is 21.4. The minimum atomic E-state index is -0.872. The summed E-state index contributed by atoms with van der Waals surface area (Å²) in [7, 11) is 4.98. The number of hydrogen-bond acceptors (Lipinski definition) is 5. The van der Waals surface area contributed by atoms with E-state index in [1.54, 1.807) is 37.4 Å². The van der Waals surface area contributed by atoms with Crippen LogP contribution in [0.3, 0.4) is 0 Å². The van der Waals surface area contributed by atoms with Gasteiger partial charge in [-0.25, -0.2) is 0 Å². The Morgan fingerprint density at radius 1 is 0.946 bits per heavy atom. The molecule has 4 aromatic rings. The lowest BCUT2D eigenvalue weighted by molar-refractivity contribution is -0.132. The Morgan fingerprint density at radius 3 is 2.43 bits per heavy atom. The summed E-state index contributed by atoms with van der Waals surface area (Å²) in [4.78, 5) is 28.7. The first-order valence-corrected chi connectivity index (χ1v) is 11.9. The van der Waals surface area contributed by atoms with Gasteiger partial charge in [-0.1, -0.05) is 30.3 Å². The number of anilines is 1. The van der Waals surface area contributed by atoms with Crippen LogP contribution in [0.15, 0.2) is 72.4 Å². The van der Waals surface area contributed by atoms with Gasteiger partial charge in [0.2, 0.25) is 0 Å². The number of nitrogens with zero attached hydrogens (tertiary/aromatic N) is 2. The second-order valence-corrected chi connectivity index (χ2v) is 9.25. The van der Waals surface area contributed by atoms with Crippen molar-refractivity contribution < 1.29 is 24.2 Å². The van der Waals surface area contributed by atoms with Gasteiger partial charge in [0.1, 0.15) is 17.3 Å². The summed E-state index contributed by atoms with van der Waals surface area (Å²) in [6, 6.07) is 17.6. The summed E-state index contributed by atoms with van der Waals surface area (Å²) in [6.45, 7) is 3.78. The number of ether oxygens (including phenoxy) is 2. The average molecular weight is 497 g/mol. The van der Waals surface area contributed by atoms with Crippen LogP contribution < -0.4 is 14.4 Å². The van der Waals surface area contributed by atoms with E-state index >= 15 is 0 Å². The molecule has 1 aliphatic rings. The van der Waals surface area contributed by atoms with Crippen LogP contribution in [0.2, 0.25) is 0 Å². The van der Waals surface area contributed by atoms with Gasteiger partial charge in [0.05, 0.1) is 31.4 Å². The molecule has 0 radical (unpaired) electrons. The molecule has 2 heterocycles. The average Bonchev–Trinajstić information content (AvgIpc) is 3.36. The predicted molar refractivity (Wildman–Crippen MR) is 143 cm³/mol. The molecular weight excluding hydrogens is 468 g/mol. The fraction of sp³-hybridized carbons (Fsp3) is 0.200. The quantitative estimate of drug-likeness (QED) is 0.226. The second-order valence-electron chi connectivity index (χ2n) is 9.25. The lowest BCUT2D eigenvalue weighted by Gasteiger charge is -2.25. The van der Waals surface area contributed by atoms with E-state index in [-0.39, 0.29) is 11.3 Å². The molecule has 0 aliphatic carbocycles. The number of methoxy groups -OCH3 is 2. The van der Waals surface area contributed by atoms with E-state index in [9.17, 15) is 14.7 Å². The topological polar surface area (TPSA) is 81.0 Å². The minimum Gasteiger partial charge on any atom is -0.507 e. The van der Waals surface area contributed by atoms with Crippen LogP contribution in [-0.4, -0.2) is 35.6 Å². The number of para-hydroxylation sites is 1. The number of ketones is 1. The molecule has 0 saturated carbocycles. The molecule has 0 bridgehead atoms. The van der Waals surface area contributed by atoms with Crippen LogP contribution in [0.5, 0.6) is 11.5 Å². The molecule has 3 aromatic carbocycles. The van der Waals surface area contributed by atoms with Crippen molar-refractivity contribution in [3.63, 3.8) is 0 Å². The predicted octanol–water partition coefficient (Wildman–Crippen LogP) is 5.44. The molecule has 0 spiro atoms. The normalized spacial score (nSPS) is 17.0. The third kappa shape index (κ3) is 3.83. The zero-order chi connectivity index (χ0) is 26.4. The SMILES string of the molecule is COc1cccc(N2C(=O)C(=O)/C(=C(/O)c3cc(C)cc(C)c3OC)C2c2cn(C)c3ccccc23)c1. The highest BCUT2D eigenvalue weighted by Crippen LogP contribution is 2.46. The number of aliphatic hydroxyl groups excluding tert-OH is 1. The molecule has 188 valence electrons. The van der Waals surface area contributed by atoms with Crippen molar-refractivity contribution in [3.05, 3.63) is 94.7 Å². The standard InChI is InChI=1S/C30H28N2O5/c1-17-13-18(2)29(37-5)22(14-17)27(33)25-26(23-16-31(3)24-12-7-6-11-21(23)24)32(30(35)28(25)34)19-9-8-10-20(15-19)36-4/h6-16,26,33H,1-5H3/b27-25+. The summed E-state index contributed by atoms with van der Waals surface area (Å²) in [5.41, 5.74) is 4.24. The maximum Gasteiger partial charge on any atom is 0.300 e. The zero-order valence-corrected chi connectivity index (χ0v) is 21.4. The van der Waals surface area contributed by atoms with Gasteiger partial charge in [0.25, 0.3) is 11.7 Å². The Labute approximate surface area is 215 Å². The van der Waals surface area contributed by atoms with Crippen molar-refractivity contribution in [3.8, 4) is 11.5 Å². The first-order valence-electron chi connectivity index (χ1n) is 11.9. The first kappa shape index (κ1) is 24.2. The van der Waals surface area contributed by atoms with Crippen molar-refractivity contribution in [1.29, 1.82) is 0 Å². The van der Waals surface area contributed by atoms with Crippen molar-refractivity contribution in [2.75, 3.05) is 19.1 Å². The highest BCUT2D eigenvalue weighted by atomic mass is 16.5. The fourth-order valence-corrected chi connectivity index (χ4v) is 5.29. The summed E-state index contributed by atoms with van der Waals surface area (Å²) < 4.78 is 12.9. The smallest absolute Gasteiger partial charge is 0.300 e. The Morgan fingerprint density at radius 2 is 1.70 bits per heavy atom. The van der Waals surface area contributed by atoms with Crippen LogP contribution in [-0.2, 0) is 16.6 Å². The molecule has 1 unspecified atom stereocenters. The molecule has 1 aromatic heterocycles. The monoisotopic (exact) mass is 496 g/mol. The van der Waals surface area contributed by atoms with Crippen LogP contribution in [0.1, 0.15) is 28.3 Å². The van der Waals surface area contributed by atoms with Gasteiger partial charge in [-0.15, -0.1) is 0 Å². The highest BCUT2D eigenvalue weighted by molar-refractivity contribution is 6.52. The number of hydrogen-bond donors (Lipinski definition) is 1. The number of carbonyl (C=O) groups excluding carboxylic acids is 2. The van der Waals surface area contributed by atoms with Crippen molar-refractivity contribution in [1.82, 2.24) is 4.57 Å². The van der Waals surface area contributed by atoms with Crippen LogP contribution in [0, 0.1) is 13.8 Å². The number of rotatable bonds is 5. The molecule has 5 rings (SSSR count). The number of aryl methyl sites for hydroxylation is 3. The molecule has 1 fully saturated rings. The third-order valence-electron chi connectivity index (χ3n) is 6.88. The second kappa shape index (κ2) is 9.17. The van der Waals surface area contributed by atoms with E-state index in [0.717, 1.165) is 27.6 Å². The summed E-state index contributed by atoms with van der Waals surface area (Å²) in [5, 5.41) is 12.6. The number of Topliss-reactive ketones (excluding diaryl/α,β-unsaturated/α-hetero) is 1. The number of aliphatic hydroxyl groups is 1. The molecule has 1 amide bonds. The van der Waals surface area contributed by atoms with Crippen LogP contribution in [0.4, 0.5) is 5.69 Å². The maximum absolute atomic E-state index is 13.7. The summed E-state index contributed by atoms with van der Waals surface area (Å²) in [6.07, 6.45) is 1.90. The number of benzene rings is 3. The molecule has 37 heavy (non-hydrogen) atoms. The number of amides is 1. The van der Waals surface area contributed by atoms with E-state index in [0.29, 0.717) is 22.7 Å². The number of aromatic nitrogens is 1. The summed E-state index contributed by atoms with van der Waals surface area (Å²) >= 11 is 0. The summed E-state index contributed by atoms with van der Waals surface area (Å²) in [5.74, 6) is -0.764. The highest BCUT2D eigenvalue weighted by Gasteiger charge is 2.48. The Kier molecular flexibility index (Phi) is 5.99. The van der Waals surface area contributed by atoms with E-state index in [1.165, 1.54) is 12.0 Å². The third-order valence-corrected chi connectivity index (χ3v) is 6.88. The Bertz CT molecular complexity index is 1600. The van der Waals surface area contributed by atoms with Gasteiger partial charge in [0.15, 0.2) is 0 Å². The molecule has 1 atom stereocenters. The minimum absolute atomic E-state index is 0.00692. The molecule has 1 saturated heterocycles. The van der Waals surface area contributed by atoms with Crippen molar-refractivity contribution >= 4 is 34.0 Å². The lowest BCUT2D eigenvalue weighted by atomic mass is 9.93.